The highest BCUT2D eigenvalue weighted by Crippen LogP contribution is 2.31. The summed E-state index contributed by atoms with van der Waals surface area (Å²) >= 11 is 2.31. The van der Waals surface area contributed by atoms with Crippen LogP contribution in [0.1, 0.15) is 55.5 Å². The van der Waals surface area contributed by atoms with Crippen LogP contribution in [0.3, 0.4) is 0 Å². The molecule has 3 rings (SSSR count). The molecule has 1 aromatic heterocycles. The maximum atomic E-state index is 11.5. The lowest BCUT2D eigenvalue weighted by Gasteiger charge is -2.21. The van der Waals surface area contributed by atoms with E-state index in [2.05, 4.69) is 97.7 Å². The van der Waals surface area contributed by atoms with E-state index in [-0.39, 0.29) is 17.8 Å². The van der Waals surface area contributed by atoms with Gasteiger partial charge in [0.1, 0.15) is 0 Å². The summed E-state index contributed by atoms with van der Waals surface area (Å²) in [5, 5.41) is 10.7. The second kappa shape index (κ2) is 7.66. The van der Waals surface area contributed by atoms with Gasteiger partial charge in [-0.1, -0.05) is 51.1 Å². The zero-order valence-corrected chi connectivity index (χ0v) is 18.4. The third-order valence-corrected chi connectivity index (χ3v) is 5.91. The van der Waals surface area contributed by atoms with E-state index in [0.717, 1.165) is 16.8 Å². The van der Waals surface area contributed by atoms with Gasteiger partial charge in [0, 0.05) is 20.2 Å². The van der Waals surface area contributed by atoms with Crippen molar-refractivity contribution in [3.8, 4) is 0 Å². The lowest BCUT2D eigenvalue weighted by molar-refractivity contribution is -0.137. The van der Waals surface area contributed by atoms with Crippen LogP contribution in [0, 0.1) is 10.5 Å². The molecule has 0 spiro atoms. The molecule has 1 heterocycles. The number of benzene rings is 2. The summed E-state index contributed by atoms with van der Waals surface area (Å²) in [6, 6.07) is 14.8. The first-order valence-corrected chi connectivity index (χ1v) is 10.3. The Morgan fingerprint density at radius 3 is 2.41 bits per heavy atom. The molecule has 2 aromatic carbocycles. The van der Waals surface area contributed by atoms with E-state index >= 15 is 0 Å². The average molecular weight is 475 g/mol. The summed E-state index contributed by atoms with van der Waals surface area (Å²) in [6.07, 6.45) is 0.819. The molecular weight excluding hydrogens is 449 g/mol. The molecule has 3 aromatic rings. The maximum absolute atomic E-state index is 11.5. The van der Waals surface area contributed by atoms with Gasteiger partial charge in [0.05, 0.1) is 6.42 Å². The number of H-pyrrole nitrogens is 1. The zero-order chi connectivity index (χ0) is 19.8. The Balaban J connectivity index is 1.94. The fourth-order valence-electron chi connectivity index (χ4n) is 3.59. The molecule has 0 bridgehead atoms. The first kappa shape index (κ1) is 19.9. The third-order valence-electron chi connectivity index (χ3n) is 5.24. The molecular formula is C23H26INO2. The predicted molar refractivity (Wildman–Crippen MR) is 120 cm³/mol. The van der Waals surface area contributed by atoms with E-state index in [1.54, 1.807) is 0 Å². The second-order valence-electron chi connectivity index (χ2n) is 8.29. The third kappa shape index (κ3) is 4.54. The van der Waals surface area contributed by atoms with E-state index in [9.17, 15) is 9.90 Å². The van der Waals surface area contributed by atoms with Crippen molar-refractivity contribution in [3.05, 3.63) is 68.4 Å². The van der Waals surface area contributed by atoms with E-state index in [1.807, 2.05) is 0 Å². The molecule has 1 unspecified atom stereocenters. The van der Waals surface area contributed by atoms with Crippen LogP contribution in [0.25, 0.3) is 10.9 Å². The molecule has 0 amide bonds. The minimum Gasteiger partial charge on any atom is -0.481 e. The topological polar surface area (TPSA) is 53.1 Å². The predicted octanol–water partition coefficient (Wildman–Crippen LogP) is 6.18. The molecule has 0 radical (unpaired) electrons. The van der Waals surface area contributed by atoms with Crippen molar-refractivity contribution in [1.82, 2.24) is 4.98 Å². The van der Waals surface area contributed by atoms with Gasteiger partial charge >= 0.3 is 5.97 Å². The number of carboxylic acid groups (broad SMARTS) is 1. The van der Waals surface area contributed by atoms with Gasteiger partial charge in [-0.05, 0) is 76.1 Å². The number of nitrogens with one attached hydrogen (secondary N) is 1. The first-order valence-electron chi connectivity index (χ1n) is 9.24. The smallest absolute Gasteiger partial charge is 0.303 e. The fraction of sp³-hybridized carbons (Fsp3) is 0.348. The molecule has 1 atom stereocenters. The number of rotatable bonds is 5. The first-order chi connectivity index (χ1) is 12.6. The molecule has 0 saturated heterocycles. The van der Waals surface area contributed by atoms with E-state index < -0.39 is 5.97 Å². The second-order valence-corrected chi connectivity index (χ2v) is 9.54. The monoisotopic (exact) mass is 475 g/mol. The molecule has 27 heavy (non-hydrogen) atoms. The van der Waals surface area contributed by atoms with Gasteiger partial charge in [0.2, 0.25) is 0 Å². The van der Waals surface area contributed by atoms with E-state index in [0.29, 0.717) is 6.42 Å². The van der Waals surface area contributed by atoms with Crippen molar-refractivity contribution in [2.75, 3.05) is 0 Å². The van der Waals surface area contributed by atoms with Gasteiger partial charge in [0.15, 0.2) is 0 Å². The van der Waals surface area contributed by atoms with Crippen molar-refractivity contribution in [2.45, 2.75) is 51.9 Å². The lowest BCUT2D eigenvalue weighted by atomic mass is 9.84. The van der Waals surface area contributed by atoms with Crippen molar-refractivity contribution >= 4 is 39.5 Å². The number of aromatic nitrogens is 1. The lowest BCUT2D eigenvalue weighted by Crippen LogP contribution is -2.13. The highest BCUT2D eigenvalue weighted by atomic mass is 127. The molecule has 0 saturated carbocycles. The van der Waals surface area contributed by atoms with Crippen molar-refractivity contribution in [2.24, 2.45) is 0 Å². The minimum atomic E-state index is -0.761. The highest BCUT2D eigenvalue weighted by Gasteiger charge is 2.20. The zero-order valence-electron chi connectivity index (χ0n) is 16.3. The Kier molecular flexibility index (Phi) is 5.65. The molecule has 142 valence electrons. The Morgan fingerprint density at radius 2 is 1.81 bits per heavy atom. The Labute approximate surface area is 174 Å². The number of halogens is 1. The summed E-state index contributed by atoms with van der Waals surface area (Å²) in [6.45, 7) is 8.67. The van der Waals surface area contributed by atoms with Gasteiger partial charge in [-0.3, -0.25) is 4.79 Å². The number of aryl methyl sites for hydroxylation is 1. The average Bonchev–Trinajstić information content (AvgIpc) is 2.88. The van der Waals surface area contributed by atoms with Crippen LogP contribution in [0.5, 0.6) is 0 Å². The normalized spacial score (nSPS) is 13.1. The van der Waals surface area contributed by atoms with Crippen molar-refractivity contribution in [3.63, 3.8) is 0 Å². The summed E-state index contributed by atoms with van der Waals surface area (Å²) < 4.78 is 1.19. The van der Waals surface area contributed by atoms with E-state index in [4.69, 9.17) is 0 Å². The van der Waals surface area contributed by atoms with Crippen LogP contribution < -0.4 is 0 Å². The highest BCUT2D eigenvalue weighted by molar-refractivity contribution is 14.1. The van der Waals surface area contributed by atoms with Crippen molar-refractivity contribution in [1.29, 1.82) is 0 Å². The number of aliphatic carboxylic acids is 1. The van der Waals surface area contributed by atoms with Gasteiger partial charge < -0.3 is 10.1 Å². The Bertz CT molecular complexity index is 964. The molecule has 0 fully saturated rings. The van der Waals surface area contributed by atoms with Crippen molar-refractivity contribution < 1.29 is 9.90 Å². The minimum absolute atomic E-state index is 0.0534. The SMILES string of the molecule is Cc1c(CC(CC(=O)O)c2ccc(C(C)(C)C)cc2)[nH]c2cc(I)ccc12. The van der Waals surface area contributed by atoms with Crippen LogP contribution in [0.15, 0.2) is 42.5 Å². The fourth-order valence-corrected chi connectivity index (χ4v) is 4.08. The molecule has 0 aliphatic carbocycles. The van der Waals surface area contributed by atoms with Crippen LogP contribution >= 0.6 is 22.6 Å². The summed E-state index contributed by atoms with van der Waals surface area (Å²) in [7, 11) is 0. The van der Waals surface area contributed by atoms with Crippen LogP contribution in [0.2, 0.25) is 0 Å². The van der Waals surface area contributed by atoms with Crippen LogP contribution in [-0.4, -0.2) is 16.1 Å². The number of aromatic amines is 1. The molecule has 0 aliphatic heterocycles. The standard InChI is InChI=1S/C23H26INO2/c1-14-19-10-9-18(24)13-21(19)25-20(14)11-16(12-22(26)27)15-5-7-17(8-6-15)23(2,3)4/h5-10,13,16,25H,11-12H2,1-4H3,(H,26,27). The Hall–Kier alpha value is -1.82. The summed E-state index contributed by atoms with van der Waals surface area (Å²) in [4.78, 5) is 15.0. The van der Waals surface area contributed by atoms with E-state index in [1.165, 1.54) is 20.1 Å². The summed E-state index contributed by atoms with van der Waals surface area (Å²) in [5.41, 5.74) is 5.88. The molecule has 4 heteroatoms. The quantitative estimate of drug-likeness (QED) is 0.433. The number of carboxylic acids is 1. The van der Waals surface area contributed by atoms with Crippen LogP contribution in [-0.2, 0) is 16.6 Å². The Morgan fingerprint density at radius 1 is 1.15 bits per heavy atom. The molecule has 2 N–H and O–H groups in total. The number of fused-ring (bicyclic) bond motifs is 1. The van der Waals surface area contributed by atoms with Crippen LogP contribution in [0.4, 0.5) is 0 Å². The summed E-state index contributed by atoms with van der Waals surface area (Å²) in [5.74, 6) is -0.814. The molecule has 0 aliphatic rings. The van der Waals surface area contributed by atoms with Gasteiger partial charge in [-0.15, -0.1) is 0 Å². The molecule has 3 nitrogen and oxygen atoms in total. The maximum Gasteiger partial charge on any atom is 0.303 e. The largest absolute Gasteiger partial charge is 0.481 e. The number of hydrogen-bond acceptors (Lipinski definition) is 1. The number of carbonyl (C=O) groups is 1. The van der Waals surface area contributed by atoms with Gasteiger partial charge in [-0.25, -0.2) is 0 Å². The number of hydrogen-bond donors (Lipinski definition) is 2. The van der Waals surface area contributed by atoms with Gasteiger partial charge in [0.25, 0.3) is 0 Å². The van der Waals surface area contributed by atoms with Gasteiger partial charge in [-0.2, -0.15) is 0 Å².